The van der Waals surface area contributed by atoms with Crippen LogP contribution in [0.2, 0.25) is 0 Å². The molecule has 0 saturated heterocycles. The molecule has 72 valence electrons. The molecule has 0 atom stereocenters. The lowest BCUT2D eigenvalue weighted by Gasteiger charge is -2.09. The monoisotopic (exact) mass is 199 g/mol. The van der Waals surface area contributed by atoms with Crippen molar-refractivity contribution in [3.05, 3.63) is 35.9 Å². The van der Waals surface area contributed by atoms with E-state index in [1.54, 1.807) is 0 Å². The highest BCUT2D eigenvalue weighted by molar-refractivity contribution is 5.91. The van der Waals surface area contributed by atoms with Crippen molar-refractivity contribution in [2.75, 3.05) is 0 Å². The molecule has 13 heavy (non-hydrogen) atoms. The summed E-state index contributed by atoms with van der Waals surface area (Å²) in [5.74, 6) is 0.241. The Hall–Kier alpha value is -1.02. The lowest BCUT2D eigenvalue weighted by molar-refractivity contribution is 0.227. The molecule has 0 aliphatic heterocycles. The Morgan fingerprint density at radius 2 is 1.77 bits per heavy atom. The zero-order valence-electron chi connectivity index (χ0n) is 7.78. The Kier molecular flexibility index (Phi) is 5.16. The van der Waals surface area contributed by atoms with Crippen LogP contribution >= 0.6 is 12.4 Å². The highest BCUT2D eigenvalue weighted by Gasteiger charge is 2.02. The molecule has 0 bridgehead atoms. The highest BCUT2D eigenvalue weighted by atomic mass is 35.5. The summed E-state index contributed by atoms with van der Waals surface area (Å²) in [4.78, 5) is 0. The highest BCUT2D eigenvalue weighted by Crippen LogP contribution is 2.02. The summed E-state index contributed by atoms with van der Waals surface area (Å²) in [6.07, 6.45) is 0.0673. The van der Waals surface area contributed by atoms with Crippen LogP contribution in [-0.4, -0.2) is 12.0 Å². The molecular weight excluding hydrogens is 186 g/mol. The number of nitrogens with one attached hydrogen (secondary N) is 1. The smallest absolute Gasteiger partial charge is 0.213 e. The summed E-state index contributed by atoms with van der Waals surface area (Å²) in [6, 6.07) is 9.45. The number of benzene rings is 1. The number of rotatable bonds is 2. The molecule has 1 rings (SSSR count). The van der Waals surface area contributed by atoms with Gasteiger partial charge in [0.1, 0.15) is 0 Å². The topological polar surface area (TPSA) is 33.1 Å². The van der Waals surface area contributed by atoms with Gasteiger partial charge in [0.05, 0.1) is 6.10 Å². The lowest BCUT2D eigenvalue weighted by atomic mass is 10.2. The summed E-state index contributed by atoms with van der Waals surface area (Å²) in [7, 11) is 0. The van der Waals surface area contributed by atoms with Gasteiger partial charge in [-0.15, -0.1) is 12.4 Å². The average Bonchev–Trinajstić information content (AvgIpc) is 2.05. The minimum atomic E-state index is 0. The van der Waals surface area contributed by atoms with Gasteiger partial charge in [-0.25, -0.2) is 0 Å². The third-order valence-electron chi connectivity index (χ3n) is 1.39. The zero-order valence-corrected chi connectivity index (χ0v) is 8.60. The normalized spacial score (nSPS) is 9.15. The maximum Gasteiger partial charge on any atom is 0.213 e. The molecular formula is C10H14ClNO. The van der Waals surface area contributed by atoms with Crippen LogP contribution in [0.4, 0.5) is 0 Å². The molecule has 0 saturated carbocycles. The first-order valence-corrected chi connectivity index (χ1v) is 4.01. The van der Waals surface area contributed by atoms with E-state index in [1.807, 2.05) is 44.2 Å². The Balaban J connectivity index is 0.00000144. The molecule has 0 unspecified atom stereocenters. The van der Waals surface area contributed by atoms with Gasteiger partial charge in [0.15, 0.2) is 0 Å². The molecule has 0 fully saturated rings. The average molecular weight is 200 g/mol. The van der Waals surface area contributed by atoms with Crippen molar-refractivity contribution in [1.29, 1.82) is 5.41 Å². The molecule has 0 aromatic heterocycles. The maximum atomic E-state index is 7.54. The molecule has 3 heteroatoms. The summed E-state index contributed by atoms with van der Waals surface area (Å²) in [5.41, 5.74) is 0.825. The van der Waals surface area contributed by atoms with Crippen LogP contribution in [0.5, 0.6) is 0 Å². The number of halogens is 1. The maximum absolute atomic E-state index is 7.54. The Bertz CT molecular complexity index is 259. The van der Waals surface area contributed by atoms with Gasteiger partial charge in [-0.05, 0) is 26.0 Å². The fourth-order valence-electron chi connectivity index (χ4n) is 0.893. The Labute approximate surface area is 84.8 Å². The van der Waals surface area contributed by atoms with Crippen molar-refractivity contribution in [1.82, 2.24) is 0 Å². The fraction of sp³-hybridized carbons (Fsp3) is 0.300. The summed E-state index contributed by atoms with van der Waals surface area (Å²) >= 11 is 0. The minimum Gasteiger partial charge on any atom is -0.475 e. The van der Waals surface area contributed by atoms with E-state index in [1.165, 1.54) is 0 Å². The molecule has 0 amide bonds. The lowest BCUT2D eigenvalue weighted by Crippen LogP contribution is -2.11. The van der Waals surface area contributed by atoms with Crippen LogP contribution in [0.25, 0.3) is 0 Å². The van der Waals surface area contributed by atoms with Gasteiger partial charge in [-0.2, -0.15) is 0 Å². The quantitative estimate of drug-likeness (QED) is 0.577. The predicted molar refractivity (Wildman–Crippen MR) is 56.7 cm³/mol. The van der Waals surface area contributed by atoms with Gasteiger partial charge >= 0.3 is 0 Å². The summed E-state index contributed by atoms with van der Waals surface area (Å²) < 4.78 is 5.22. The Morgan fingerprint density at radius 3 is 2.23 bits per heavy atom. The molecule has 0 aliphatic rings. The minimum absolute atomic E-state index is 0. The van der Waals surface area contributed by atoms with E-state index in [0.717, 1.165) is 5.56 Å². The van der Waals surface area contributed by atoms with Crippen molar-refractivity contribution in [2.24, 2.45) is 0 Å². The van der Waals surface area contributed by atoms with Gasteiger partial charge in [0, 0.05) is 5.56 Å². The van der Waals surface area contributed by atoms with Crippen LogP contribution in [0, 0.1) is 5.41 Å². The second-order valence-electron chi connectivity index (χ2n) is 2.86. The molecule has 1 aromatic rings. The first-order chi connectivity index (χ1) is 5.70. The molecule has 1 N–H and O–H groups in total. The number of ether oxygens (including phenoxy) is 1. The van der Waals surface area contributed by atoms with E-state index in [-0.39, 0.29) is 24.4 Å². The van der Waals surface area contributed by atoms with E-state index in [2.05, 4.69) is 0 Å². The summed E-state index contributed by atoms with van der Waals surface area (Å²) in [5, 5.41) is 7.54. The van der Waals surface area contributed by atoms with Crippen molar-refractivity contribution < 1.29 is 4.74 Å². The van der Waals surface area contributed by atoms with E-state index >= 15 is 0 Å². The molecule has 2 nitrogen and oxygen atoms in total. The van der Waals surface area contributed by atoms with Crippen molar-refractivity contribution in [2.45, 2.75) is 20.0 Å². The first kappa shape index (κ1) is 12.0. The second kappa shape index (κ2) is 5.60. The molecule has 0 aliphatic carbocycles. The van der Waals surface area contributed by atoms with Gasteiger partial charge in [-0.3, -0.25) is 5.41 Å². The van der Waals surface area contributed by atoms with Crippen LogP contribution in [0.15, 0.2) is 30.3 Å². The fourth-order valence-corrected chi connectivity index (χ4v) is 0.893. The SMILES string of the molecule is CC(C)OC(=N)c1ccccc1.Cl. The van der Waals surface area contributed by atoms with E-state index in [9.17, 15) is 0 Å². The van der Waals surface area contributed by atoms with Crippen LogP contribution in [-0.2, 0) is 4.74 Å². The Morgan fingerprint density at radius 1 is 1.23 bits per heavy atom. The standard InChI is InChI=1S/C10H13NO.ClH/c1-8(2)12-10(11)9-6-4-3-5-7-9;/h3-8,11H,1-2H3;1H. The second-order valence-corrected chi connectivity index (χ2v) is 2.86. The van der Waals surface area contributed by atoms with Gasteiger partial charge in [-0.1, -0.05) is 18.2 Å². The molecule has 1 aromatic carbocycles. The van der Waals surface area contributed by atoms with Crippen molar-refractivity contribution in [3.8, 4) is 0 Å². The van der Waals surface area contributed by atoms with Crippen molar-refractivity contribution in [3.63, 3.8) is 0 Å². The van der Waals surface area contributed by atoms with Crippen molar-refractivity contribution >= 4 is 18.3 Å². The molecule has 0 heterocycles. The van der Waals surface area contributed by atoms with E-state index in [0.29, 0.717) is 0 Å². The van der Waals surface area contributed by atoms with Gasteiger partial charge < -0.3 is 4.74 Å². The molecule has 0 spiro atoms. The van der Waals surface area contributed by atoms with Crippen LogP contribution in [0.3, 0.4) is 0 Å². The van der Waals surface area contributed by atoms with Crippen LogP contribution < -0.4 is 0 Å². The van der Waals surface area contributed by atoms with Gasteiger partial charge in [0.2, 0.25) is 5.90 Å². The van der Waals surface area contributed by atoms with E-state index in [4.69, 9.17) is 10.1 Å². The number of hydrogen-bond donors (Lipinski definition) is 1. The number of hydrogen-bond acceptors (Lipinski definition) is 2. The third kappa shape index (κ3) is 3.95. The third-order valence-corrected chi connectivity index (χ3v) is 1.39. The zero-order chi connectivity index (χ0) is 8.97. The van der Waals surface area contributed by atoms with E-state index < -0.39 is 0 Å². The van der Waals surface area contributed by atoms with Gasteiger partial charge in [0.25, 0.3) is 0 Å². The first-order valence-electron chi connectivity index (χ1n) is 4.01. The molecule has 0 radical (unpaired) electrons. The van der Waals surface area contributed by atoms with Crippen LogP contribution in [0.1, 0.15) is 19.4 Å². The largest absolute Gasteiger partial charge is 0.475 e. The predicted octanol–water partition coefficient (Wildman–Crippen LogP) is 2.86. The summed E-state index contributed by atoms with van der Waals surface area (Å²) in [6.45, 7) is 3.83.